The third-order valence-electron chi connectivity index (χ3n) is 2.06. The van der Waals surface area contributed by atoms with E-state index >= 15 is 0 Å². The summed E-state index contributed by atoms with van der Waals surface area (Å²) in [5.41, 5.74) is 0.00110. The molecule has 2 rings (SSSR count). The first kappa shape index (κ1) is 11.1. The molecule has 2 aromatic heterocycles. The molecule has 0 amide bonds. The van der Waals surface area contributed by atoms with Crippen LogP contribution in [0.4, 0.5) is 5.13 Å². The van der Waals surface area contributed by atoms with Gasteiger partial charge in [-0.3, -0.25) is 0 Å². The predicted octanol–water partition coefficient (Wildman–Crippen LogP) is 2.17. The number of nitrogens with zero attached hydrogens (tertiary/aromatic N) is 3. The van der Waals surface area contributed by atoms with Gasteiger partial charge in [0.2, 0.25) is 5.13 Å². The van der Waals surface area contributed by atoms with E-state index in [1.165, 1.54) is 11.5 Å². The van der Waals surface area contributed by atoms with E-state index in [9.17, 15) is 0 Å². The summed E-state index contributed by atoms with van der Waals surface area (Å²) in [6.07, 6.45) is 3.54. The van der Waals surface area contributed by atoms with Crippen LogP contribution in [-0.4, -0.2) is 19.3 Å². The van der Waals surface area contributed by atoms with E-state index in [-0.39, 0.29) is 5.41 Å². The van der Waals surface area contributed by atoms with Crippen molar-refractivity contribution in [2.24, 2.45) is 0 Å². The van der Waals surface area contributed by atoms with Gasteiger partial charge in [-0.25, -0.2) is 9.97 Å². The molecule has 0 aliphatic rings. The van der Waals surface area contributed by atoms with Crippen molar-refractivity contribution in [3.8, 4) is 0 Å². The van der Waals surface area contributed by atoms with Gasteiger partial charge in [0.25, 0.3) is 0 Å². The summed E-state index contributed by atoms with van der Waals surface area (Å²) in [6.45, 7) is 6.95. The van der Waals surface area contributed by atoms with Crippen LogP contribution >= 0.6 is 11.5 Å². The largest absolute Gasteiger partial charge is 0.353 e. The Morgan fingerprint density at radius 3 is 2.81 bits per heavy atom. The minimum absolute atomic E-state index is 0.00110. The van der Waals surface area contributed by atoms with Crippen LogP contribution in [0.15, 0.2) is 12.4 Å². The Morgan fingerprint density at radius 1 is 1.44 bits per heavy atom. The number of hydrogen-bond acceptors (Lipinski definition) is 5. The first-order valence-corrected chi connectivity index (χ1v) is 5.89. The van der Waals surface area contributed by atoms with Crippen molar-refractivity contribution >= 4 is 16.7 Å². The van der Waals surface area contributed by atoms with Crippen LogP contribution in [0.2, 0.25) is 0 Å². The van der Waals surface area contributed by atoms with Crippen molar-refractivity contribution in [1.29, 1.82) is 0 Å². The molecule has 0 spiro atoms. The Kier molecular flexibility index (Phi) is 2.91. The lowest BCUT2D eigenvalue weighted by molar-refractivity contribution is 0.555. The second-order valence-corrected chi connectivity index (χ2v) is 5.31. The van der Waals surface area contributed by atoms with E-state index < -0.39 is 0 Å². The number of nitrogens with one attached hydrogen (secondary N) is 2. The maximum Gasteiger partial charge on any atom is 0.202 e. The summed E-state index contributed by atoms with van der Waals surface area (Å²) in [6, 6.07) is 0. The zero-order valence-electron chi connectivity index (χ0n) is 9.61. The topological polar surface area (TPSA) is 66.5 Å². The maximum absolute atomic E-state index is 4.44. The van der Waals surface area contributed by atoms with Gasteiger partial charge in [0.15, 0.2) is 0 Å². The van der Waals surface area contributed by atoms with Crippen LogP contribution in [0, 0.1) is 0 Å². The van der Waals surface area contributed by atoms with E-state index in [0.717, 1.165) is 16.8 Å². The Labute approximate surface area is 98.5 Å². The van der Waals surface area contributed by atoms with Crippen molar-refractivity contribution in [3.05, 3.63) is 24.0 Å². The number of imidazole rings is 1. The maximum atomic E-state index is 4.44. The van der Waals surface area contributed by atoms with Crippen molar-refractivity contribution in [1.82, 2.24) is 19.3 Å². The van der Waals surface area contributed by atoms with E-state index in [1.54, 1.807) is 12.4 Å². The zero-order chi connectivity index (χ0) is 11.6. The normalized spacial score (nSPS) is 11.7. The molecule has 2 heterocycles. The molecule has 86 valence electrons. The molecule has 0 aliphatic carbocycles. The first-order valence-electron chi connectivity index (χ1n) is 5.12. The molecule has 5 nitrogen and oxygen atoms in total. The third kappa shape index (κ3) is 2.57. The fourth-order valence-corrected chi connectivity index (χ4v) is 1.91. The van der Waals surface area contributed by atoms with E-state index in [2.05, 4.69) is 45.4 Å². The molecule has 0 fully saturated rings. The van der Waals surface area contributed by atoms with Gasteiger partial charge < -0.3 is 10.3 Å². The summed E-state index contributed by atoms with van der Waals surface area (Å²) < 4.78 is 4.32. The highest BCUT2D eigenvalue weighted by atomic mass is 32.1. The summed E-state index contributed by atoms with van der Waals surface area (Å²) in [5.74, 6) is 1.77. The van der Waals surface area contributed by atoms with E-state index in [0.29, 0.717) is 6.54 Å². The van der Waals surface area contributed by atoms with Gasteiger partial charge in [-0.15, -0.1) is 0 Å². The summed E-state index contributed by atoms with van der Waals surface area (Å²) in [5, 5.41) is 4.03. The fraction of sp³-hybridized carbons (Fsp3) is 0.500. The zero-order valence-corrected chi connectivity index (χ0v) is 10.4. The van der Waals surface area contributed by atoms with Gasteiger partial charge in [0.05, 0.1) is 6.54 Å². The molecule has 0 aromatic carbocycles. The Balaban J connectivity index is 1.98. The van der Waals surface area contributed by atoms with Crippen LogP contribution < -0.4 is 5.32 Å². The average molecular weight is 237 g/mol. The number of anilines is 1. The van der Waals surface area contributed by atoms with Gasteiger partial charge in [-0.1, -0.05) is 20.8 Å². The molecule has 16 heavy (non-hydrogen) atoms. The number of aromatic nitrogens is 4. The van der Waals surface area contributed by atoms with Gasteiger partial charge in [0.1, 0.15) is 11.6 Å². The molecule has 0 bridgehead atoms. The lowest BCUT2D eigenvalue weighted by atomic mass is 9.96. The highest BCUT2D eigenvalue weighted by Gasteiger charge is 2.19. The van der Waals surface area contributed by atoms with Gasteiger partial charge in [-0.2, -0.15) is 4.37 Å². The molecule has 2 aromatic rings. The SMILES string of the molecule is CC(C)(C)c1nsc(NCc2ncc[nH]2)n1. The summed E-state index contributed by atoms with van der Waals surface area (Å²) in [7, 11) is 0. The highest BCUT2D eigenvalue weighted by molar-refractivity contribution is 7.09. The lowest BCUT2D eigenvalue weighted by Gasteiger charge is -2.12. The monoisotopic (exact) mass is 237 g/mol. The Hall–Kier alpha value is -1.43. The second kappa shape index (κ2) is 4.21. The molecule has 2 N–H and O–H groups in total. The lowest BCUT2D eigenvalue weighted by Crippen LogP contribution is -2.13. The third-order valence-corrected chi connectivity index (χ3v) is 2.73. The fourth-order valence-electron chi connectivity index (χ4n) is 1.15. The molecule has 0 aliphatic heterocycles. The quantitative estimate of drug-likeness (QED) is 0.858. The summed E-state index contributed by atoms with van der Waals surface area (Å²) in [4.78, 5) is 11.6. The molecular formula is C10H15N5S. The smallest absolute Gasteiger partial charge is 0.202 e. The van der Waals surface area contributed by atoms with Crippen LogP contribution in [0.1, 0.15) is 32.4 Å². The molecular weight excluding hydrogens is 222 g/mol. The molecule has 0 unspecified atom stereocenters. The summed E-state index contributed by atoms with van der Waals surface area (Å²) >= 11 is 1.38. The minimum Gasteiger partial charge on any atom is -0.353 e. The standard InChI is InChI=1S/C10H15N5S/c1-10(2,3)8-14-9(16-15-8)13-6-7-11-4-5-12-7/h4-5H,6H2,1-3H3,(H,11,12)(H,13,14,15). The van der Waals surface area contributed by atoms with Crippen LogP contribution in [-0.2, 0) is 12.0 Å². The van der Waals surface area contributed by atoms with Crippen molar-refractivity contribution in [2.75, 3.05) is 5.32 Å². The van der Waals surface area contributed by atoms with Crippen LogP contribution in [0.25, 0.3) is 0 Å². The predicted molar refractivity (Wildman–Crippen MR) is 64.5 cm³/mol. The van der Waals surface area contributed by atoms with Crippen molar-refractivity contribution < 1.29 is 0 Å². The van der Waals surface area contributed by atoms with Gasteiger partial charge in [-0.05, 0) is 0 Å². The number of rotatable bonds is 3. The highest BCUT2D eigenvalue weighted by Crippen LogP contribution is 2.22. The molecule has 6 heteroatoms. The van der Waals surface area contributed by atoms with E-state index in [4.69, 9.17) is 0 Å². The van der Waals surface area contributed by atoms with Crippen LogP contribution in [0.5, 0.6) is 0 Å². The second-order valence-electron chi connectivity index (χ2n) is 4.56. The van der Waals surface area contributed by atoms with Gasteiger partial charge >= 0.3 is 0 Å². The van der Waals surface area contributed by atoms with Crippen LogP contribution in [0.3, 0.4) is 0 Å². The number of aromatic amines is 1. The van der Waals surface area contributed by atoms with E-state index in [1.807, 2.05) is 0 Å². The van der Waals surface area contributed by atoms with Crippen molar-refractivity contribution in [2.45, 2.75) is 32.7 Å². The minimum atomic E-state index is 0.00110. The average Bonchev–Trinajstić information content (AvgIpc) is 2.85. The Bertz CT molecular complexity index is 440. The first-order chi connectivity index (χ1) is 7.55. The molecule has 0 saturated heterocycles. The molecule has 0 radical (unpaired) electrons. The molecule has 0 saturated carbocycles. The molecule has 0 atom stereocenters. The van der Waals surface area contributed by atoms with Crippen molar-refractivity contribution in [3.63, 3.8) is 0 Å². The van der Waals surface area contributed by atoms with Gasteiger partial charge in [0, 0.05) is 29.3 Å². The number of H-pyrrole nitrogens is 1. The Morgan fingerprint density at radius 2 is 2.25 bits per heavy atom. The number of hydrogen-bond donors (Lipinski definition) is 2.